The Balaban J connectivity index is 1.88. The number of hydrogen-bond acceptors (Lipinski definition) is 3. The molecule has 0 bridgehead atoms. The van der Waals surface area contributed by atoms with Crippen molar-refractivity contribution in [1.29, 1.82) is 0 Å². The Morgan fingerprint density at radius 1 is 1.04 bits per heavy atom. The van der Waals surface area contributed by atoms with Crippen LogP contribution in [0.25, 0.3) is 33.5 Å². The number of rotatable bonds is 3. The van der Waals surface area contributed by atoms with Crippen molar-refractivity contribution < 1.29 is 4.79 Å². The molecule has 5 heteroatoms. The van der Waals surface area contributed by atoms with Crippen LogP contribution >= 0.6 is 0 Å². The summed E-state index contributed by atoms with van der Waals surface area (Å²) < 4.78 is 0. The van der Waals surface area contributed by atoms with Gasteiger partial charge in [0.25, 0.3) is 0 Å². The molecule has 0 spiro atoms. The van der Waals surface area contributed by atoms with Gasteiger partial charge in [-0.2, -0.15) is 0 Å². The van der Waals surface area contributed by atoms with Crippen LogP contribution in [0.2, 0.25) is 0 Å². The highest BCUT2D eigenvalue weighted by Gasteiger charge is 2.14. The maximum atomic E-state index is 11.5. The third kappa shape index (κ3) is 2.99. The number of aromatic amines is 1. The Hall–Kier alpha value is -3.47. The van der Waals surface area contributed by atoms with E-state index >= 15 is 0 Å². The van der Waals surface area contributed by atoms with Gasteiger partial charge in [-0.25, -0.2) is 9.97 Å². The number of carbonyl (C=O) groups is 1. The second kappa shape index (κ2) is 6.20. The molecule has 2 N–H and O–H groups in total. The van der Waals surface area contributed by atoms with Gasteiger partial charge in [0.05, 0.1) is 17.6 Å². The molecule has 0 saturated heterocycles. The third-order valence-corrected chi connectivity index (χ3v) is 3.92. The van der Waals surface area contributed by atoms with Gasteiger partial charge in [-0.15, -0.1) is 0 Å². The summed E-state index contributed by atoms with van der Waals surface area (Å²) in [6.45, 7) is 1.46. The van der Waals surface area contributed by atoms with Gasteiger partial charge in [-0.05, 0) is 12.1 Å². The summed E-state index contributed by atoms with van der Waals surface area (Å²) in [7, 11) is 0. The van der Waals surface area contributed by atoms with Gasteiger partial charge in [-0.1, -0.05) is 48.5 Å². The van der Waals surface area contributed by atoms with Gasteiger partial charge in [-0.3, -0.25) is 4.79 Å². The van der Waals surface area contributed by atoms with E-state index in [0.29, 0.717) is 11.5 Å². The molecule has 4 rings (SSSR count). The van der Waals surface area contributed by atoms with Gasteiger partial charge in [0.1, 0.15) is 5.69 Å². The first-order valence-corrected chi connectivity index (χ1v) is 7.99. The fraction of sp³-hybridized carbons (Fsp3) is 0.0500. The van der Waals surface area contributed by atoms with Crippen LogP contribution in [0.3, 0.4) is 0 Å². The van der Waals surface area contributed by atoms with Crippen molar-refractivity contribution in [3.05, 3.63) is 66.9 Å². The van der Waals surface area contributed by atoms with Crippen LogP contribution in [-0.2, 0) is 4.79 Å². The van der Waals surface area contributed by atoms with Gasteiger partial charge in [0.15, 0.2) is 5.82 Å². The molecule has 0 aliphatic rings. The second-order valence-electron chi connectivity index (χ2n) is 5.77. The monoisotopic (exact) mass is 328 g/mol. The molecule has 0 fully saturated rings. The zero-order valence-corrected chi connectivity index (χ0v) is 13.7. The number of fused-ring (bicyclic) bond motifs is 1. The van der Waals surface area contributed by atoms with E-state index in [0.717, 1.165) is 27.9 Å². The van der Waals surface area contributed by atoms with Gasteiger partial charge in [0.2, 0.25) is 5.91 Å². The van der Waals surface area contributed by atoms with Gasteiger partial charge in [0, 0.05) is 23.4 Å². The van der Waals surface area contributed by atoms with Crippen LogP contribution < -0.4 is 5.32 Å². The average Bonchev–Trinajstić information content (AvgIpc) is 3.06. The van der Waals surface area contributed by atoms with Crippen molar-refractivity contribution in [2.75, 3.05) is 5.32 Å². The number of amides is 1. The molecule has 0 radical (unpaired) electrons. The molecule has 0 aliphatic carbocycles. The van der Waals surface area contributed by atoms with Crippen molar-refractivity contribution in [1.82, 2.24) is 15.0 Å². The normalized spacial score (nSPS) is 10.8. The number of nitrogens with zero attached hydrogens (tertiary/aromatic N) is 2. The van der Waals surface area contributed by atoms with Crippen LogP contribution in [0.5, 0.6) is 0 Å². The number of para-hydroxylation sites is 1. The molecular weight excluding hydrogens is 312 g/mol. The Labute approximate surface area is 144 Å². The van der Waals surface area contributed by atoms with E-state index in [2.05, 4.69) is 15.3 Å². The molecule has 1 amide bonds. The van der Waals surface area contributed by atoms with Crippen LogP contribution in [0.15, 0.2) is 66.9 Å². The Kier molecular flexibility index (Phi) is 3.74. The lowest BCUT2D eigenvalue weighted by atomic mass is 10.1. The number of carbonyl (C=O) groups excluding carboxylic acids is 1. The summed E-state index contributed by atoms with van der Waals surface area (Å²) in [5.74, 6) is 0.262. The molecule has 25 heavy (non-hydrogen) atoms. The van der Waals surface area contributed by atoms with E-state index in [1.54, 1.807) is 6.20 Å². The second-order valence-corrected chi connectivity index (χ2v) is 5.77. The van der Waals surface area contributed by atoms with Gasteiger partial charge < -0.3 is 10.3 Å². The molecule has 0 unspecified atom stereocenters. The zero-order chi connectivity index (χ0) is 17.2. The standard InChI is InChI=1S/C20H16N4O/c1-13(25)22-20-19(17-11-15-9-5-6-10-16(15)23-17)24-18(12-21-20)14-7-3-2-4-8-14/h2-12,23H,1H3,(H,21,22,25). The Bertz CT molecular complexity index is 1020. The average molecular weight is 328 g/mol. The summed E-state index contributed by atoms with van der Waals surface area (Å²) in [6, 6.07) is 19.9. The van der Waals surface area contributed by atoms with Gasteiger partial charge >= 0.3 is 0 Å². The minimum Gasteiger partial charge on any atom is -0.353 e. The van der Waals surface area contributed by atoms with E-state index in [-0.39, 0.29) is 5.91 Å². The minimum absolute atomic E-state index is 0.181. The topological polar surface area (TPSA) is 70.7 Å². The van der Waals surface area contributed by atoms with E-state index in [9.17, 15) is 4.79 Å². The Morgan fingerprint density at radius 2 is 1.80 bits per heavy atom. The largest absolute Gasteiger partial charge is 0.353 e. The van der Waals surface area contributed by atoms with Crippen molar-refractivity contribution in [2.24, 2.45) is 0 Å². The summed E-state index contributed by atoms with van der Waals surface area (Å²) in [5, 5.41) is 3.84. The number of aromatic nitrogens is 3. The SMILES string of the molecule is CC(=O)Nc1ncc(-c2ccccc2)nc1-c1cc2ccccc2[nH]1. The maximum absolute atomic E-state index is 11.5. The lowest BCUT2D eigenvalue weighted by Crippen LogP contribution is -2.10. The molecule has 0 saturated carbocycles. The van der Waals surface area contributed by atoms with Crippen molar-refractivity contribution in [3.8, 4) is 22.6 Å². The quantitative estimate of drug-likeness (QED) is 0.590. The summed E-state index contributed by atoms with van der Waals surface area (Å²) in [6.07, 6.45) is 1.67. The molecule has 0 atom stereocenters. The molecule has 2 aromatic heterocycles. The van der Waals surface area contributed by atoms with E-state index in [1.165, 1.54) is 6.92 Å². The van der Waals surface area contributed by atoms with Crippen molar-refractivity contribution in [2.45, 2.75) is 6.92 Å². The third-order valence-electron chi connectivity index (χ3n) is 3.92. The number of anilines is 1. The minimum atomic E-state index is -0.181. The van der Waals surface area contributed by atoms with Crippen LogP contribution in [0, 0.1) is 0 Å². The van der Waals surface area contributed by atoms with E-state index in [4.69, 9.17) is 4.98 Å². The van der Waals surface area contributed by atoms with E-state index < -0.39 is 0 Å². The number of benzene rings is 2. The fourth-order valence-electron chi connectivity index (χ4n) is 2.78. The van der Waals surface area contributed by atoms with E-state index in [1.807, 2.05) is 60.7 Å². The number of H-pyrrole nitrogens is 1. The predicted molar refractivity (Wildman–Crippen MR) is 99.1 cm³/mol. The lowest BCUT2D eigenvalue weighted by molar-refractivity contribution is -0.114. The highest BCUT2D eigenvalue weighted by Crippen LogP contribution is 2.29. The molecule has 2 aromatic carbocycles. The number of nitrogens with one attached hydrogen (secondary N) is 2. The van der Waals surface area contributed by atoms with Crippen LogP contribution in [-0.4, -0.2) is 20.9 Å². The molecule has 4 aromatic rings. The van der Waals surface area contributed by atoms with Crippen molar-refractivity contribution >= 4 is 22.6 Å². The first kappa shape index (κ1) is 15.1. The first-order valence-electron chi connectivity index (χ1n) is 7.99. The molecule has 2 heterocycles. The van der Waals surface area contributed by atoms with Crippen LogP contribution in [0.4, 0.5) is 5.82 Å². The lowest BCUT2D eigenvalue weighted by Gasteiger charge is -2.09. The Morgan fingerprint density at radius 3 is 2.56 bits per heavy atom. The fourth-order valence-corrected chi connectivity index (χ4v) is 2.78. The highest BCUT2D eigenvalue weighted by molar-refractivity contribution is 5.93. The molecule has 0 aliphatic heterocycles. The smallest absolute Gasteiger partial charge is 0.222 e. The zero-order valence-electron chi connectivity index (χ0n) is 13.7. The predicted octanol–water partition coefficient (Wildman–Crippen LogP) is 4.25. The molecular formula is C20H16N4O. The summed E-state index contributed by atoms with van der Waals surface area (Å²) in [5.41, 5.74) is 4.17. The maximum Gasteiger partial charge on any atom is 0.222 e. The summed E-state index contributed by atoms with van der Waals surface area (Å²) >= 11 is 0. The molecule has 5 nitrogen and oxygen atoms in total. The number of hydrogen-bond donors (Lipinski definition) is 2. The highest BCUT2D eigenvalue weighted by atomic mass is 16.1. The molecule has 122 valence electrons. The van der Waals surface area contributed by atoms with Crippen LogP contribution in [0.1, 0.15) is 6.92 Å². The first-order chi connectivity index (χ1) is 12.2. The van der Waals surface area contributed by atoms with Crippen molar-refractivity contribution in [3.63, 3.8) is 0 Å². The summed E-state index contributed by atoms with van der Waals surface area (Å²) in [4.78, 5) is 24.1.